The van der Waals surface area contributed by atoms with Gasteiger partial charge in [-0.1, -0.05) is 0 Å². The average Bonchev–Trinajstić information content (AvgIpc) is 1.94. The zero-order chi connectivity index (χ0) is 13.8. The summed E-state index contributed by atoms with van der Waals surface area (Å²) in [6, 6.07) is 0. The van der Waals surface area contributed by atoms with E-state index >= 15 is 0 Å². The van der Waals surface area contributed by atoms with E-state index in [1.54, 1.807) is 0 Å². The van der Waals surface area contributed by atoms with Crippen molar-refractivity contribution < 1.29 is 104 Å². The average molecular weight is 326 g/mol. The molecule has 0 aliphatic carbocycles. The molecule has 0 aromatic rings. The summed E-state index contributed by atoms with van der Waals surface area (Å²) in [6.45, 7) is 0. The van der Waals surface area contributed by atoms with Crippen molar-refractivity contribution in [3.05, 3.63) is 0 Å². The van der Waals surface area contributed by atoms with Gasteiger partial charge in [0.05, 0.1) is 0 Å². The molecule has 0 saturated carbocycles. The minimum Gasteiger partial charge on any atom is -0.726 e. The number of carbonyl (C=O) groups excluding carboxylic acids is 2. The summed E-state index contributed by atoms with van der Waals surface area (Å²) in [5.74, 6) is 0. The Bertz CT molecular complexity index is 319. The second kappa shape index (κ2) is 18.1. The van der Waals surface area contributed by atoms with E-state index in [0.29, 0.717) is 12.8 Å². The summed E-state index contributed by atoms with van der Waals surface area (Å²) in [4.78, 5) is 18.8. The van der Waals surface area contributed by atoms with E-state index < -0.39 is 20.8 Å². The van der Waals surface area contributed by atoms with Gasteiger partial charge in [0.25, 0.3) is 0 Å². The van der Waals surface area contributed by atoms with Crippen LogP contribution in [0.1, 0.15) is 12.8 Å². The molecule has 0 unspecified atom stereocenters. The molecule has 0 radical (unpaired) electrons. The van der Waals surface area contributed by atoms with Crippen molar-refractivity contribution in [3.8, 4) is 0 Å². The molecule has 18 heavy (non-hydrogen) atoms. The van der Waals surface area contributed by atoms with Gasteiger partial charge in [-0.2, -0.15) is 0 Å². The summed E-state index contributed by atoms with van der Waals surface area (Å²) < 4.78 is 65.7. The normalized spacial score (nSPS) is 8.89. The van der Waals surface area contributed by atoms with Crippen molar-refractivity contribution in [2.75, 3.05) is 0 Å². The van der Waals surface area contributed by atoms with Gasteiger partial charge >= 0.3 is 59.1 Å². The second-order valence-electron chi connectivity index (χ2n) is 1.77. The first-order chi connectivity index (χ1) is 6.91. The van der Waals surface area contributed by atoms with Crippen LogP contribution in [0.4, 0.5) is 0 Å². The fourth-order valence-electron chi connectivity index (χ4n) is 0.136. The maximum absolute atomic E-state index is 9.40. The molecule has 2 N–H and O–H groups in total. The van der Waals surface area contributed by atoms with E-state index in [-0.39, 0.29) is 59.1 Å². The predicted octanol–water partition coefficient (Wildman–Crippen LogP) is -7.82. The van der Waals surface area contributed by atoms with Crippen molar-refractivity contribution in [2.24, 2.45) is 0 Å². The molecule has 14 heteroatoms. The van der Waals surface area contributed by atoms with Gasteiger partial charge in [0.2, 0.25) is 20.8 Å². The summed E-state index contributed by atoms with van der Waals surface area (Å²) in [6.07, 6.45) is 2.19. The van der Waals surface area contributed by atoms with Crippen LogP contribution in [0.2, 0.25) is 0 Å². The molecule has 98 valence electrons. The fourth-order valence-corrected chi connectivity index (χ4v) is 0.136. The third-order valence-corrected chi connectivity index (χ3v) is 0.402. The maximum Gasteiger partial charge on any atom is 1.00 e. The minimum atomic E-state index is -4.92. The molecule has 0 rings (SSSR count). The van der Waals surface area contributed by atoms with Gasteiger partial charge in [0, 0.05) is 12.8 Å². The molecular weight excluding hydrogens is 318 g/mol. The Labute approximate surface area is 148 Å². The van der Waals surface area contributed by atoms with Crippen LogP contribution < -0.4 is 59.1 Å². The number of aldehydes is 2. The standard InChI is InChI=1S/C4H6O2.2Na.2H2O4S/c5-3-1-2-4-6;;;2*1-5(2,3)4/h3-4H,1-2H2;;;2*(H2,1,2,3,4)/q;2*+1;;/p-2. The number of hydrogen-bond donors (Lipinski definition) is 2. The molecule has 0 aliphatic rings. The monoisotopic (exact) mass is 326 g/mol. The number of rotatable bonds is 3. The molecule has 0 aromatic carbocycles. The topological polar surface area (TPSA) is 189 Å². The summed E-state index contributed by atoms with van der Waals surface area (Å²) in [5, 5.41) is 0. The van der Waals surface area contributed by atoms with E-state index in [1.165, 1.54) is 0 Å². The van der Waals surface area contributed by atoms with Crippen molar-refractivity contribution in [2.45, 2.75) is 12.8 Å². The molecule has 0 bridgehead atoms. The van der Waals surface area contributed by atoms with Crippen LogP contribution >= 0.6 is 0 Å². The largest absolute Gasteiger partial charge is 1.00 e. The van der Waals surface area contributed by atoms with Crippen molar-refractivity contribution in [1.82, 2.24) is 0 Å². The first-order valence-electron chi connectivity index (χ1n) is 3.15. The van der Waals surface area contributed by atoms with Gasteiger partial charge < -0.3 is 18.7 Å². The molecular formula is C4H8Na2O10S2. The van der Waals surface area contributed by atoms with Crippen molar-refractivity contribution in [1.29, 1.82) is 0 Å². The molecule has 0 aromatic heterocycles. The Morgan fingerprint density at radius 3 is 0.944 bits per heavy atom. The van der Waals surface area contributed by atoms with Crippen LogP contribution in [-0.4, -0.2) is 47.6 Å². The zero-order valence-electron chi connectivity index (χ0n) is 9.55. The smallest absolute Gasteiger partial charge is 0.726 e. The van der Waals surface area contributed by atoms with Gasteiger partial charge in [-0.3, -0.25) is 9.11 Å². The van der Waals surface area contributed by atoms with E-state index in [4.69, 9.17) is 35.0 Å². The third-order valence-electron chi connectivity index (χ3n) is 0.402. The molecule has 0 heterocycles. The zero-order valence-corrected chi connectivity index (χ0v) is 15.2. The fraction of sp³-hybridized carbons (Fsp3) is 0.500. The Hall–Kier alpha value is 1.08. The third kappa shape index (κ3) is 265. The number of hydrogen-bond acceptors (Lipinski definition) is 8. The molecule has 0 aliphatic heterocycles. The maximum atomic E-state index is 9.40. The Morgan fingerprint density at radius 2 is 0.889 bits per heavy atom. The molecule has 0 spiro atoms. The van der Waals surface area contributed by atoms with E-state index in [1.807, 2.05) is 0 Å². The molecule has 10 nitrogen and oxygen atoms in total. The molecule has 0 amide bonds. The molecule has 0 fully saturated rings. The Kier molecular flexibility index (Phi) is 31.6. The first-order valence-corrected chi connectivity index (χ1v) is 5.88. The van der Waals surface area contributed by atoms with Crippen molar-refractivity contribution in [3.63, 3.8) is 0 Å². The van der Waals surface area contributed by atoms with Crippen LogP contribution in [0, 0.1) is 0 Å². The van der Waals surface area contributed by atoms with Gasteiger partial charge in [0.15, 0.2) is 0 Å². The van der Waals surface area contributed by atoms with Crippen LogP contribution in [-0.2, 0) is 30.4 Å². The van der Waals surface area contributed by atoms with E-state index in [2.05, 4.69) is 0 Å². The summed E-state index contributed by atoms with van der Waals surface area (Å²) >= 11 is 0. The predicted molar refractivity (Wildman–Crippen MR) is 46.0 cm³/mol. The number of carbonyl (C=O) groups is 2. The van der Waals surface area contributed by atoms with Gasteiger partial charge in [-0.25, -0.2) is 16.8 Å². The van der Waals surface area contributed by atoms with Gasteiger partial charge in [0.1, 0.15) is 12.6 Å². The second-order valence-corrected chi connectivity index (χ2v) is 3.48. The molecule has 0 atom stereocenters. The summed E-state index contributed by atoms with van der Waals surface area (Å²) in [7, 11) is -9.83. The number of unbranched alkanes of at least 4 members (excludes halogenated alkanes) is 1. The van der Waals surface area contributed by atoms with Crippen LogP contribution in [0.25, 0.3) is 0 Å². The SMILES string of the molecule is O=CCCC=O.O=S(=O)([O-])O.O=S(=O)([O-])O.[Na+].[Na+]. The Balaban J connectivity index is -0.0000000447. The first kappa shape index (κ1) is 31.5. The molecule has 0 saturated heterocycles. The van der Waals surface area contributed by atoms with Crippen LogP contribution in [0.3, 0.4) is 0 Å². The van der Waals surface area contributed by atoms with Crippen LogP contribution in [0.15, 0.2) is 0 Å². The van der Waals surface area contributed by atoms with Crippen molar-refractivity contribution >= 4 is 33.4 Å². The van der Waals surface area contributed by atoms with Gasteiger partial charge in [-0.05, 0) is 0 Å². The van der Waals surface area contributed by atoms with Crippen LogP contribution in [0.5, 0.6) is 0 Å². The minimum absolute atomic E-state index is 0. The van der Waals surface area contributed by atoms with E-state index in [9.17, 15) is 9.59 Å². The summed E-state index contributed by atoms with van der Waals surface area (Å²) in [5.41, 5.74) is 0. The van der Waals surface area contributed by atoms with Gasteiger partial charge in [-0.15, -0.1) is 0 Å². The quantitative estimate of drug-likeness (QED) is 0.165. The van der Waals surface area contributed by atoms with E-state index in [0.717, 1.165) is 12.6 Å². The Morgan fingerprint density at radius 1 is 0.778 bits per heavy atom.